The zero-order valence-electron chi connectivity index (χ0n) is 22.6. The minimum Gasteiger partial charge on any atom is -0.479 e. The van der Waals surface area contributed by atoms with Crippen LogP contribution >= 0.6 is 0 Å². The molecule has 3 unspecified atom stereocenters. The fourth-order valence-corrected chi connectivity index (χ4v) is 6.33. The van der Waals surface area contributed by atoms with Crippen molar-refractivity contribution >= 4 is 22.9 Å². The molecule has 1 saturated heterocycles. The number of fused-ring (bicyclic) bond motifs is 1. The molecule has 1 saturated carbocycles. The Balaban J connectivity index is 1.41. The summed E-state index contributed by atoms with van der Waals surface area (Å²) in [7, 11) is 0. The number of rotatable bonds is 8. The predicted molar refractivity (Wildman–Crippen MR) is 151 cm³/mol. The summed E-state index contributed by atoms with van der Waals surface area (Å²) in [5.74, 6) is -1.99. The van der Waals surface area contributed by atoms with Crippen LogP contribution in [0.4, 0.5) is 0 Å². The average molecular weight is 531 g/mol. The Hall–Kier alpha value is -3.52. The van der Waals surface area contributed by atoms with Gasteiger partial charge in [0.25, 0.3) is 11.5 Å². The summed E-state index contributed by atoms with van der Waals surface area (Å²) < 4.78 is 1.68. The Morgan fingerprint density at radius 1 is 0.974 bits per heavy atom. The second-order valence-corrected chi connectivity index (χ2v) is 11.0. The van der Waals surface area contributed by atoms with Gasteiger partial charge in [-0.15, -0.1) is 0 Å². The highest BCUT2D eigenvalue weighted by Crippen LogP contribution is 2.33. The number of para-hydroxylation sites is 2. The van der Waals surface area contributed by atoms with Crippen LogP contribution in [0.25, 0.3) is 11.0 Å². The number of likely N-dealkylation sites (tertiary alicyclic amines) is 1. The van der Waals surface area contributed by atoms with Gasteiger partial charge < -0.3 is 15.0 Å². The zero-order valence-corrected chi connectivity index (χ0v) is 22.6. The molecule has 0 radical (unpaired) electrons. The molecule has 2 heterocycles. The SMILES string of the molecule is CC(CC1CCN1C1CCCCCCC1)n1c(=O)c(C(=O)NC(C(=O)O)c2ccccc2)nc2ccccc21. The van der Waals surface area contributed by atoms with E-state index in [4.69, 9.17) is 0 Å². The van der Waals surface area contributed by atoms with Crippen molar-refractivity contribution in [3.05, 3.63) is 76.2 Å². The first kappa shape index (κ1) is 27.1. The largest absolute Gasteiger partial charge is 0.479 e. The number of benzene rings is 2. The number of amides is 1. The minimum atomic E-state index is -1.29. The van der Waals surface area contributed by atoms with Gasteiger partial charge in [-0.05, 0) is 50.3 Å². The fraction of sp³-hybridized carbons (Fsp3) is 0.484. The molecule has 0 spiro atoms. The topological polar surface area (TPSA) is 105 Å². The van der Waals surface area contributed by atoms with Gasteiger partial charge in [0, 0.05) is 24.7 Å². The van der Waals surface area contributed by atoms with Crippen LogP contribution in [0.15, 0.2) is 59.4 Å². The van der Waals surface area contributed by atoms with Gasteiger partial charge in [0.05, 0.1) is 11.0 Å². The summed E-state index contributed by atoms with van der Waals surface area (Å²) in [5, 5.41) is 12.3. The zero-order chi connectivity index (χ0) is 27.4. The highest BCUT2D eigenvalue weighted by molar-refractivity contribution is 5.96. The number of hydrogen-bond donors (Lipinski definition) is 2. The summed E-state index contributed by atoms with van der Waals surface area (Å²) in [6.07, 6.45) is 11.0. The van der Waals surface area contributed by atoms with E-state index < -0.39 is 23.5 Å². The van der Waals surface area contributed by atoms with Crippen molar-refractivity contribution < 1.29 is 14.7 Å². The number of carbonyl (C=O) groups excluding carboxylic acids is 1. The number of aromatic nitrogens is 2. The van der Waals surface area contributed by atoms with Crippen molar-refractivity contribution in [2.45, 2.75) is 88.9 Å². The number of carboxylic acids is 1. The van der Waals surface area contributed by atoms with Crippen LogP contribution in [0.2, 0.25) is 0 Å². The lowest BCUT2D eigenvalue weighted by molar-refractivity contribution is -0.139. The third-order valence-electron chi connectivity index (χ3n) is 8.45. The van der Waals surface area contributed by atoms with Gasteiger partial charge in [0.1, 0.15) is 0 Å². The molecular weight excluding hydrogens is 492 g/mol. The molecule has 5 rings (SSSR count). The molecule has 8 heteroatoms. The van der Waals surface area contributed by atoms with Crippen LogP contribution in [-0.2, 0) is 4.79 Å². The van der Waals surface area contributed by atoms with Crippen molar-refractivity contribution in [3.8, 4) is 0 Å². The summed E-state index contributed by atoms with van der Waals surface area (Å²) in [4.78, 5) is 46.1. The van der Waals surface area contributed by atoms with E-state index in [0.29, 0.717) is 28.7 Å². The molecule has 0 bridgehead atoms. The van der Waals surface area contributed by atoms with Gasteiger partial charge in [-0.3, -0.25) is 14.5 Å². The lowest BCUT2D eigenvalue weighted by Gasteiger charge is -2.48. The molecule has 2 fully saturated rings. The number of carbonyl (C=O) groups is 2. The van der Waals surface area contributed by atoms with E-state index in [0.717, 1.165) is 19.4 Å². The number of carboxylic acid groups (broad SMARTS) is 1. The second kappa shape index (κ2) is 12.1. The number of hydrogen-bond acceptors (Lipinski definition) is 5. The Kier molecular flexibility index (Phi) is 8.41. The quantitative estimate of drug-likeness (QED) is 0.420. The van der Waals surface area contributed by atoms with E-state index in [-0.39, 0.29) is 11.7 Å². The van der Waals surface area contributed by atoms with Gasteiger partial charge in [-0.2, -0.15) is 0 Å². The summed E-state index contributed by atoms with van der Waals surface area (Å²) in [5.41, 5.74) is 0.862. The van der Waals surface area contributed by atoms with Crippen LogP contribution in [0.5, 0.6) is 0 Å². The highest BCUT2D eigenvalue weighted by atomic mass is 16.4. The third-order valence-corrected chi connectivity index (χ3v) is 8.45. The lowest BCUT2D eigenvalue weighted by Crippen LogP contribution is -2.54. The van der Waals surface area contributed by atoms with E-state index in [9.17, 15) is 19.5 Å². The van der Waals surface area contributed by atoms with Gasteiger partial charge in [0.15, 0.2) is 11.7 Å². The first-order chi connectivity index (χ1) is 18.9. The van der Waals surface area contributed by atoms with Crippen molar-refractivity contribution in [2.24, 2.45) is 0 Å². The molecule has 1 aliphatic heterocycles. The highest BCUT2D eigenvalue weighted by Gasteiger charge is 2.35. The second-order valence-electron chi connectivity index (χ2n) is 11.0. The van der Waals surface area contributed by atoms with Crippen LogP contribution < -0.4 is 10.9 Å². The predicted octanol–water partition coefficient (Wildman–Crippen LogP) is 5.09. The maximum atomic E-state index is 13.8. The summed E-state index contributed by atoms with van der Waals surface area (Å²) in [6, 6.07) is 15.4. The fourth-order valence-electron chi connectivity index (χ4n) is 6.33. The number of aliphatic carboxylic acids is 1. The minimum absolute atomic E-state index is 0.150. The van der Waals surface area contributed by atoms with Crippen LogP contribution in [0.1, 0.15) is 92.8 Å². The van der Waals surface area contributed by atoms with Gasteiger partial charge in [0.2, 0.25) is 0 Å². The number of nitrogens with zero attached hydrogens (tertiary/aromatic N) is 3. The van der Waals surface area contributed by atoms with Gasteiger partial charge >= 0.3 is 5.97 Å². The van der Waals surface area contributed by atoms with Crippen LogP contribution in [-0.4, -0.2) is 50.1 Å². The third kappa shape index (κ3) is 5.91. The Labute approximate surface area is 229 Å². The van der Waals surface area contributed by atoms with Crippen molar-refractivity contribution in [3.63, 3.8) is 0 Å². The first-order valence-electron chi connectivity index (χ1n) is 14.3. The lowest BCUT2D eigenvalue weighted by atomic mass is 9.88. The molecule has 39 heavy (non-hydrogen) atoms. The molecule has 206 valence electrons. The maximum absolute atomic E-state index is 13.8. The molecule has 2 aromatic carbocycles. The Morgan fingerprint density at radius 2 is 1.64 bits per heavy atom. The molecule has 1 aromatic heterocycles. The molecule has 1 aliphatic carbocycles. The smallest absolute Gasteiger partial charge is 0.330 e. The van der Waals surface area contributed by atoms with E-state index in [1.165, 1.54) is 44.9 Å². The summed E-state index contributed by atoms with van der Waals surface area (Å²) >= 11 is 0. The maximum Gasteiger partial charge on any atom is 0.330 e. The van der Waals surface area contributed by atoms with Gasteiger partial charge in [-0.1, -0.05) is 74.6 Å². The molecule has 8 nitrogen and oxygen atoms in total. The molecule has 2 N–H and O–H groups in total. The van der Waals surface area contributed by atoms with Crippen LogP contribution in [0, 0.1) is 0 Å². The molecule has 3 atom stereocenters. The van der Waals surface area contributed by atoms with E-state index in [1.54, 1.807) is 41.0 Å². The van der Waals surface area contributed by atoms with E-state index in [1.807, 2.05) is 25.1 Å². The van der Waals surface area contributed by atoms with E-state index in [2.05, 4.69) is 15.2 Å². The van der Waals surface area contributed by atoms with Crippen molar-refractivity contribution in [2.75, 3.05) is 6.54 Å². The summed E-state index contributed by atoms with van der Waals surface area (Å²) in [6.45, 7) is 3.14. The Bertz CT molecular complexity index is 1360. The molecule has 2 aliphatic rings. The molecule has 1 amide bonds. The standard InChI is InChI=1S/C31H38N4O4/c1-21(20-24-18-19-34(24)23-14-8-3-2-4-9-15-23)35-26-17-11-10-16-25(26)32-28(30(35)37)29(36)33-27(31(38)39)22-12-6-5-7-13-22/h5-7,10-13,16-17,21,23-24,27H,2-4,8-9,14-15,18-20H2,1H3,(H,33,36)(H,38,39). The monoisotopic (exact) mass is 530 g/mol. The van der Waals surface area contributed by atoms with Crippen molar-refractivity contribution in [1.82, 2.24) is 19.8 Å². The Morgan fingerprint density at radius 3 is 2.31 bits per heavy atom. The van der Waals surface area contributed by atoms with Crippen molar-refractivity contribution in [1.29, 1.82) is 0 Å². The molecule has 3 aromatic rings. The van der Waals surface area contributed by atoms with Crippen LogP contribution in [0.3, 0.4) is 0 Å². The first-order valence-corrected chi connectivity index (χ1v) is 14.3. The molecular formula is C31H38N4O4. The normalized spacial score (nSPS) is 20.4. The number of nitrogens with one attached hydrogen (secondary N) is 1. The van der Waals surface area contributed by atoms with E-state index >= 15 is 0 Å². The van der Waals surface area contributed by atoms with Gasteiger partial charge in [-0.25, -0.2) is 9.78 Å². The average Bonchev–Trinajstić information content (AvgIpc) is 2.90.